The van der Waals surface area contributed by atoms with Crippen molar-refractivity contribution in [3.05, 3.63) is 18.3 Å². The van der Waals surface area contributed by atoms with E-state index in [1.165, 1.54) is 6.07 Å². The van der Waals surface area contributed by atoms with Gasteiger partial charge < -0.3 is 0 Å². The number of hydrogen-bond donors (Lipinski definition) is 1. The number of sulfonamides is 1. The highest BCUT2D eigenvalue weighted by molar-refractivity contribution is 7.91. The molecule has 2 heterocycles. The standard InChI is InChI=1S/C7H8N4O2S2/c1-11-5(4-9-10-11)6-2-3-7(14-6)15(8,12)13/h2-4H,1H3,(H2,8,12,13). The molecular weight excluding hydrogens is 236 g/mol. The lowest BCUT2D eigenvalue weighted by Gasteiger charge is -1.94. The van der Waals surface area contributed by atoms with Crippen molar-refractivity contribution in [1.29, 1.82) is 0 Å². The SMILES string of the molecule is Cn1nncc1-c1ccc(S(N)(=O)=O)s1. The van der Waals surface area contributed by atoms with Crippen molar-refractivity contribution >= 4 is 21.4 Å². The van der Waals surface area contributed by atoms with Crippen LogP contribution in [-0.2, 0) is 17.1 Å². The molecule has 0 spiro atoms. The number of thiophene rings is 1. The van der Waals surface area contributed by atoms with Crippen molar-refractivity contribution in [1.82, 2.24) is 15.0 Å². The lowest BCUT2D eigenvalue weighted by molar-refractivity contribution is 0.600. The first kappa shape index (κ1) is 10.3. The van der Waals surface area contributed by atoms with E-state index in [1.54, 1.807) is 24.0 Å². The number of aryl methyl sites for hydroxylation is 1. The van der Waals surface area contributed by atoms with E-state index in [9.17, 15) is 8.42 Å². The molecule has 0 aliphatic carbocycles. The monoisotopic (exact) mass is 244 g/mol. The molecule has 2 aromatic rings. The van der Waals surface area contributed by atoms with Gasteiger partial charge in [-0.15, -0.1) is 16.4 Å². The minimum atomic E-state index is -3.62. The highest BCUT2D eigenvalue weighted by Crippen LogP contribution is 2.28. The zero-order valence-corrected chi connectivity index (χ0v) is 9.42. The zero-order chi connectivity index (χ0) is 11.1. The largest absolute Gasteiger partial charge is 0.247 e. The van der Waals surface area contributed by atoms with Crippen LogP contribution in [0.2, 0.25) is 0 Å². The number of rotatable bonds is 2. The summed E-state index contributed by atoms with van der Waals surface area (Å²) in [6.07, 6.45) is 1.57. The summed E-state index contributed by atoms with van der Waals surface area (Å²) in [5.74, 6) is 0. The number of hydrogen-bond acceptors (Lipinski definition) is 5. The molecule has 2 N–H and O–H groups in total. The van der Waals surface area contributed by atoms with Crippen LogP contribution < -0.4 is 5.14 Å². The summed E-state index contributed by atoms with van der Waals surface area (Å²) < 4.78 is 23.8. The Hall–Kier alpha value is -1.25. The number of nitrogens with two attached hydrogens (primary N) is 1. The van der Waals surface area contributed by atoms with Crippen molar-refractivity contribution in [3.63, 3.8) is 0 Å². The zero-order valence-electron chi connectivity index (χ0n) is 7.78. The van der Waals surface area contributed by atoms with Crippen LogP contribution in [0, 0.1) is 0 Å². The highest BCUT2D eigenvalue weighted by atomic mass is 32.2. The van der Waals surface area contributed by atoms with E-state index in [2.05, 4.69) is 10.3 Å². The van der Waals surface area contributed by atoms with Gasteiger partial charge in [0, 0.05) is 7.05 Å². The highest BCUT2D eigenvalue weighted by Gasteiger charge is 2.13. The van der Waals surface area contributed by atoms with Gasteiger partial charge in [-0.25, -0.2) is 18.2 Å². The molecule has 0 radical (unpaired) electrons. The first-order valence-corrected chi connectivity index (χ1v) is 6.32. The van der Waals surface area contributed by atoms with Crippen molar-refractivity contribution in [2.24, 2.45) is 12.2 Å². The molecule has 0 atom stereocenters. The van der Waals surface area contributed by atoms with Gasteiger partial charge in [0.1, 0.15) is 4.21 Å². The van der Waals surface area contributed by atoms with Gasteiger partial charge in [-0.05, 0) is 12.1 Å². The van der Waals surface area contributed by atoms with Gasteiger partial charge in [0.2, 0.25) is 10.0 Å². The summed E-state index contributed by atoms with van der Waals surface area (Å²) in [5.41, 5.74) is 0.759. The molecule has 15 heavy (non-hydrogen) atoms. The fraction of sp³-hybridized carbons (Fsp3) is 0.143. The Labute approximate surface area is 90.4 Å². The van der Waals surface area contributed by atoms with Crippen LogP contribution in [-0.4, -0.2) is 23.4 Å². The van der Waals surface area contributed by atoms with E-state index in [-0.39, 0.29) is 4.21 Å². The molecule has 0 aromatic carbocycles. The maximum Gasteiger partial charge on any atom is 0.247 e. The van der Waals surface area contributed by atoms with Gasteiger partial charge in [0.25, 0.3) is 0 Å². The topological polar surface area (TPSA) is 90.9 Å². The molecule has 6 nitrogen and oxygen atoms in total. The molecule has 8 heteroatoms. The fourth-order valence-corrected chi connectivity index (χ4v) is 2.89. The quantitative estimate of drug-likeness (QED) is 0.816. The van der Waals surface area contributed by atoms with Gasteiger partial charge >= 0.3 is 0 Å². The molecule has 0 amide bonds. The first-order valence-electron chi connectivity index (χ1n) is 3.96. The van der Waals surface area contributed by atoms with Crippen LogP contribution in [0.15, 0.2) is 22.5 Å². The molecule has 2 aromatic heterocycles. The van der Waals surface area contributed by atoms with Crippen LogP contribution in [0.25, 0.3) is 10.6 Å². The van der Waals surface area contributed by atoms with Gasteiger partial charge in [0.05, 0.1) is 16.8 Å². The maximum atomic E-state index is 11.1. The molecule has 0 unspecified atom stereocenters. The molecule has 0 saturated heterocycles. The Balaban J connectivity index is 2.50. The van der Waals surface area contributed by atoms with Gasteiger partial charge in [-0.3, -0.25) is 0 Å². The Morgan fingerprint density at radius 2 is 2.20 bits per heavy atom. The second kappa shape index (κ2) is 3.40. The van der Waals surface area contributed by atoms with Crippen LogP contribution in [0.3, 0.4) is 0 Å². The predicted octanol–water partition coefficient (Wildman–Crippen LogP) is 0.191. The third-order valence-electron chi connectivity index (χ3n) is 1.83. The van der Waals surface area contributed by atoms with E-state index >= 15 is 0 Å². The third-order valence-corrected chi connectivity index (χ3v) is 4.37. The van der Waals surface area contributed by atoms with E-state index in [4.69, 9.17) is 5.14 Å². The van der Waals surface area contributed by atoms with E-state index in [1.807, 2.05) is 0 Å². The Bertz CT molecular complexity index is 584. The Kier molecular flexibility index (Phi) is 2.33. The van der Waals surface area contributed by atoms with E-state index in [0.717, 1.165) is 21.9 Å². The molecule has 2 rings (SSSR count). The lowest BCUT2D eigenvalue weighted by atomic mass is 10.4. The van der Waals surface area contributed by atoms with E-state index in [0.29, 0.717) is 0 Å². The summed E-state index contributed by atoms with van der Waals surface area (Å²) in [5, 5.41) is 12.5. The summed E-state index contributed by atoms with van der Waals surface area (Å²) in [6, 6.07) is 3.16. The minimum absolute atomic E-state index is 0.138. The second-order valence-corrected chi connectivity index (χ2v) is 5.78. The maximum absolute atomic E-state index is 11.1. The molecule has 80 valence electrons. The summed E-state index contributed by atoms with van der Waals surface area (Å²) in [7, 11) is -1.88. The van der Waals surface area contributed by atoms with Crippen molar-refractivity contribution in [3.8, 4) is 10.6 Å². The van der Waals surface area contributed by atoms with Crippen LogP contribution in [0.4, 0.5) is 0 Å². The van der Waals surface area contributed by atoms with Crippen molar-refractivity contribution in [2.75, 3.05) is 0 Å². The molecule has 0 aliphatic heterocycles. The van der Waals surface area contributed by atoms with Gasteiger partial charge in [0.15, 0.2) is 0 Å². The van der Waals surface area contributed by atoms with Crippen LogP contribution >= 0.6 is 11.3 Å². The number of primary sulfonamides is 1. The molecule has 0 saturated carbocycles. The summed E-state index contributed by atoms with van der Waals surface area (Å²) in [4.78, 5) is 0.770. The lowest BCUT2D eigenvalue weighted by Crippen LogP contribution is -2.09. The smallest absolute Gasteiger partial charge is 0.247 e. The van der Waals surface area contributed by atoms with E-state index < -0.39 is 10.0 Å². The van der Waals surface area contributed by atoms with Crippen molar-refractivity contribution < 1.29 is 8.42 Å². The first-order chi connectivity index (χ1) is 6.98. The number of nitrogens with zero attached hydrogens (tertiary/aromatic N) is 3. The van der Waals surface area contributed by atoms with Gasteiger partial charge in [-0.1, -0.05) is 5.21 Å². The normalized spacial score (nSPS) is 11.9. The summed E-state index contributed by atoms with van der Waals surface area (Å²) in [6.45, 7) is 0. The fourth-order valence-electron chi connectivity index (χ4n) is 1.12. The number of aromatic nitrogens is 3. The Morgan fingerprint density at radius 1 is 1.47 bits per heavy atom. The molecule has 0 fully saturated rings. The molecular formula is C7H8N4O2S2. The Morgan fingerprint density at radius 3 is 2.67 bits per heavy atom. The second-order valence-electron chi connectivity index (χ2n) is 2.91. The van der Waals surface area contributed by atoms with Crippen LogP contribution in [0.1, 0.15) is 0 Å². The van der Waals surface area contributed by atoms with Crippen molar-refractivity contribution in [2.45, 2.75) is 4.21 Å². The average Bonchev–Trinajstić information content (AvgIpc) is 2.69. The third kappa shape index (κ3) is 1.91. The minimum Gasteiger partial charge on any atom is -0.247 e. The average molecular weight is 244 g/mol. The van der Waals surface area contributed by atoms with Gasteiger partial charge in [-0.2, -0.15) is 0 Å². The predicted molar refractivity (Wildman–Crippen MR) is 55.7 cm³/mol. The molecule has 0 bridgehead atoms. The summed E-state index contributed by atoms with van der Waals surface area (Å²) >= 11 is 1.10. The molecule has 0 aliphatic rings. The van der Waals surface area contributed by atoms with Crippen LogP contribution in [0.5, 0.6) is 0 Å².